The smallest absolute Gasteiger partial charge is 0.191 e. The Morgan fingerprint density at radius 1 is 1.00 bits per heavy atom. The van der Waals surface area contributed by atoms with Gasteiger partial charge in [0, 0.05) is 32.4 Å². The third-order valence-electron chi connectivity index (χ3n) is 6.23. The fourth-order valence-electron chi connectivity index (χ4n) is 4.57. The maximum Gasteiger partial charge on any atom is 0.191 e. The van der Waals surface area contributed by atoms with Crippen LogP contribution >= 0.6 is 24.0 Å². The number of halogens is 1. The van der Waals surface area contributed by atoms with Gasteiger partial charge in [-0.1, -0.05) is 30.3 Å². The zero-order valence-corrected chi connectivity index (χ0v) is 21.5. The Balaban J connectivity index is 0.00000289. The van der Waals surface area contributed by atoms with Crippen LogP contribution in [-0.4, -0.2) is 55.1 Å². The van der Waals surface area contributed by atoms with Crippen molar-refractivity contribution in [1.82, 2.24) is 20.5 Å². The van der Waals surface area contributed by atoms with E-state index in [9.17, 15) is 0 Å². The predicted molar refractivity (Wildman–Crippen MR) is 144 cm³/mol. The molecule has 1 atom stereocenters. The van der Waals surface area contributed by atoms with Crippen molar-refractivity contribution >= 4 is 35.8 Å². The Labute approximate surface area is 209 Å². The van der Waals surface area contributed by atoms with Gasteiger partial charge in [0.2, 0.25) is 0 Å². The van der Waals surface area contributed by atoms with Gasteiger partial charge in [0.15, 0.2) is 5.96 Å². The van der Waals surface area contributed by atoms with Crippen LogP contribution in [-0.2, 0) is 6.54 Å². The molecule has 6 nitrogen and oxygen atoms in total. The molecule has 7 heteroatoms. The number of aliphatic imine (C=N–C) groups is 1. The summed E-state index contributed by atoms with van der Waals surface area (Å²) in [6.07, 6.45) is 7.02. The standard InChI is InChI=1S/C25H36N6.HI/c1-2-26-25(28-19-21-12-13-27-24(18-21)31-16-8-9-17-31)29-20-23(30-14-6-7-15-30)22-10-4-3-5-11-22;/h3-5,10-13,18,23H,2,6-9,14-17,19-20H2,1H3,(H2,26,28,29);1H. The van der Waals surface area contributed by atoms with Crippen molar-refractivity contribution in [2.75, 3.05) is 44.2 Å². The van der Waals surface area contributed by atoms with Gasteiger partial charge in [-0.3, -0.25) is 4.90 Å². The third-order valence-corrected chi connectivity index (χ3v) is 6.23. The molecular weight excluding hydrogens is 511 g/mol. The molecule has 2 saturated heterocycles. The molecule has 2 N–H and O–H groups in total. The van der Waals surface area contributed by atoms with E-state index >= 15 is 0 Å². The molecule has 2 aromatic rings. The van der Waals surface area contributed by atoms with Crippen molar-refractivity contribution in [3.05, 3.63) is 59.8 Å². The van der Waals surface area contributed by atoms with Crippen LogP contribution in [0.3, 0.4) is 0 Å². The van der Waals surface area contributed by atoms with Gasteiger partial charge in [-0.05, 0) is 69.0 Å². The molecule has 2 aliphatic rings. The Bertz CT molecular complexity index is 831. The van der Waals surface area contributed by atoms with Crippen LogP contribution in [0.1, 0.15) is 49.8 Å². The number of aromatic nitrogens is 1. The van der Waals surface area contributed by atoms with Crippen molar-refractivity contribution in [3.63, 3.8) is 0 Å². The molecule has 0 amide bonds. The second-order valence-corrected chi connectivity index (χ2v) is 8.46. The summed E-state index contributed by atoms with van der Waals surface area (Å²) >= 11 is 0. The van der Waals surface area contributed by atoms with Crippen molar-refractivity contribution < 1.29 is 0 Å². The SMILES string of the molecule is CCNC(=NCc1ccnc(N2CCCC2)c1)NCC(c1ccccc1)N1CCCC1.I. The second-order valence-electron chi connectivity index (χ2n) is 8.46. The van der Waals surface area contributed by atoms with Gasteiger partial charge in [-0.15, -0.1) is 24.0 Å². The predicted octanol–water partition coefficient (Wildman–Crippen LogP) is 4.19. The van der Waals surface area contributed by atoms with Gasteiger partial charge >= 0.3 is 0 Å². The van der Waals surface area contributed by atoms with Crippen molar-refractivity contribution in [1.29, 1.82) is 0 Å². The summed E-state index contributed by atoms with van der Waals surface area (Å²) in [6.45, 7) is 9.04. The van der Waals surface area contributed by atoms with E-state index in [1.807, 2.05) is 6.20 Å². The highest BCUT2D eigenvalue weighted by atomic mass is 127. The van der Waals surface area contributed by atoms with E-state index < -0.39 is 0 Å². The van der Waals surface area contributed by atoms with Crippen molar-refractivity contribution in [2.45, 2.75) is 45.2 Å². The lowest BCUT2D eigenvalue weighted by molar-refractivity contribution is 0.245. The van der Waals surface area contributed by atoms with E-state index in [0.717, 1.165) is 38.0 Å². The molecule has 1 aromatic heterocycles. The lowest BCUT2D eigenvalue weighted by Crippen LogP contribution is -2.42. The number of anilines is 1. The number of benzene rings is 1. The fraction of sp³-hybridized carbons (Fsp3) is 0.520. The maximum atomic E-state index is 4.87. The molecule has 3 heterocycles. The van der Waals surface area contributed by atoms with Crippen LogP contribution in [0.15, 0.2) is 53.7 Å². The highest BCUT2D eigenvalue weighted by Crippen LogP contribution is 2.24. The number of hydrogen-bond acceptors (Lipinski definition) is 4. The largest absolute Gasteiger partial charge is 0.357 e. The molecule has 0 aliphatic carbocycles. The summed E-state index contributed by atoms with van der Waals surface area (Å²) < 4.78 is 0. The molecule has 2 fully saturated rings. The number of guanidine groups is 1. The van der Waals surface area contributed by atoms with E-state index in [1.54, 1.807) is 0 Å². The van der Waals surface area contributed by atoms with E-state index in [-0.39, 0.29) is 24.0 Å². The number of hydrogen-bond donors (Lipinski definition) is 2. The first-order valence-corrected chi connectivity index (χ1v) is 11.8. The summed E-state index contributed by atoms with van der Waals surface area (Å²) in [7, 11) is 0. The second kappa shape index (κ2) is 13.0. The normalized spacial score (nSPS) is 17.8. The summed E-state index contributed by atoms with van der Waals surface area (Å²) in [5.41, 5.74) is 2.57. The minimum atomic E-state index is 0. The fourth-order valence-corrected chi connectivity index (χ4v) is 4.57. The molecule has 0 radical (unpaired) electrons. The molecular formula is C25H37IN6. The monoisotopic (exact) mass is 548 g/mol. The first-order valence-electron chi connectivity index (χ1n) is 11.8. The molecule has 4 rings (SSSR count). The maximum absolute atomic E-state index is 4.87. The molecule has 0 bridgehead atoms. The first-order chi connectivity index (χ1) is 15.3. The topological polar surface area (TPSA) is 55.8 Å². The summed E-state index contributed by atoms with van der Waals surface area (Å²) in [4.78, 5) is 14.4. The quantitative estimate of drug-likeness (QED) is 0.295. The van der Waals surface area contributed by atoms with Gasteiger partial charge in [0.25, 0.3) is 0 Å². The van der Waals surface area contributed by atoms with Gasteiger partial charge in [-0.2, -0.15) is 0 Å². The first kappa shape index (κ1) is 24.8. The number of nitrogens with zero attached hydrogens (tertiary/aromatic N) is 4. The van der Waals surface area contributed by atoms with E-state index in [0.29, 0.717) is 12.6 Å². The van der Waals surface area contributed by atoms with Gasteiger partial charge < -0.3 is 15.5 Å². The minimum Gasteiger partial charge on any atom is -0.357 e. The Hall–Kier alpha value is -1.87. The van der Waals surface area contributed by atoms with Gasteiger partial charge in [0.1, 0.15) is 5.82 Å². The van der Waals surface area contributed by atoms with Crippen LogP contribution in [0.25, 0.3) is 0 Å². The minimum absolute atomic E-state index is 0. The Morgan fingerprint density at radius 3 is 2.44 bits per heavy atom. The Morgan fingerprint density at radius 2 is 1.72 bits per heavy atom. The zero-order valence-electron chi connectivity index (χ0n) is 19.2. The molecule has 1 unspecified atom stereocenters. The van der Waals surface area contributed by atoms with Gasteiger partial charge in [0.05, 0.1) is 12.6 Å². The van der Waals surface area contributed by atoms with Crippen LogP contribution < -0.4 is 15.5 Å². The van der Waals surface area contributed by atoms with E-state index in [4.69, 9.17) is 4.99 Å². The average molecular weight is 549 g/mol. The van der Waals surface area contributed by atoms with E-state index in [2.05, 4.69) is 74.8 Å². The average Bonchev–Trinajstić information content (AvgIpc) is 3.53. The Kier molecular flexibility index (Phi) is 10.1. The molecule has 2 aliphatic heterocycles. The molecule has 1 aromatic carbocycles. The number of nitrogens with one attached hydrogen (secondary N) is 2. The van der Waals surface area contributed by atoms with Crippen molar-refractivity contribution in [3.8, 4) is 0 Å². The number of pyridine rings is 1. The summed E-state index contributed by atoms with van der Waals surface area (Å²) in [5, 5.41) is 7.02. The molecule has 0 saturated carbocycles. The molecule has 174 valence electrons. The van der Waals surface area contributed by atoms with Crippen LogP contribution in [0.2, 0.25) is 0 Å². The highest BCUT2D eigenvalue weighted by molar-refractivity contribution is 14.0. The lowest BCUT2D eigenvalue weighted by atomic mass is 10.1. The number of rotatable bonds is 8. The third kappa shape index (κ3) is 6.81. The van der Waals surface area contributed by atoms with Crippen molar-refractivity contribution in [2.24, 2.45) is 4.99 Å². The van der Waals surface area contributed by atoms with Gasteiger partial charge in [-0.25, -0.2) is 9.98 Å². The zero-order chi connectivity index (χ0) is 21.3. The summed E-state index contributed by atoms with van der Waals surface area (Å²) in [5.74, 6) is 1.96. The molecule has 0 spiro atoms. The van der Waals surface area contributed by atoms with Crippen LogP contribution in [0.4, 0.5) is 5.82 Å². The van der Waals surface area contributed by atoms with Crippen LogP contribution in [0, 0.1) is 0 Å². The highest BCUT2D eigenvalue weighted by Gasteiger charge is 2.23. The molecule has 32 heavy (non-hydrogen) atoms. The lowest BCUT2D eigenvalue weighted by Gasteiger charge is -2.29. The van der Waals surface area contributed by atoms with Crippen LogP contribution in [0.5, 0.6) is 0 Å². The van der Waals surface area contributed by atoms with E-state index in [1.165, 1.54) is 49.9 Å². The number of likely N-dealkylation sites (tertiary alicyclic amines) is 1. The summed E-state index contributed by atoms with van der Waals surface area (Å²) in [6, 6.07) is 15.5.